The number of amides is 3. The molecule has 0 radical (unpaired) electrons. The molecule has 0 aliphatic carbocycles. The minimum Gasteiger partial charge on any atom is -0.497 e. The Labute approximate surface area is 252 Å². The topological polar surface area (TPSA) is 134 Å². The van der Waals surface area contributed by atoms with E-state index < -0.39 is 29.8 Å². The van der Waals surface area contributed by atoms with Gasteiger partial charge in [0.2, 0.25) is 5.91 Å². The molecule has 0 heterocycles. The van der Waals surface area contributed by atoms with Crippen molar-refractivity contribution in [2.24, 2.45) is 5.73 Å². The van der Waals surface area contributed by atoms with E-state index in [1.165, 1.54) is 30.3 Å². The number of hydrogen-bond acceptors (Lipinski definition) is 6. The number of methoxy groups -OCH3 is 1. The first-order chi connectivity index (χ1) is 20.6. The summed E-state index contributed by atoms with van der Waals surface area (Å²) in [6, 6.07) is 16.7. The summed E-state index contributed by atoms with van der Waals surface area (Å²) in [6.45, 7) is 5.53. The lowest BCUT2D eigenvalue weighted by molar-refractivity contribution is 0.0755. The zero-order valence-electron chi connectivity index (χ0n) is 24.9. The molecule has 0 saturated carbocycles. The molecule has 230 valence electrons. The third kappa shape index (κ3) is 9.90. The maximum atomic E-state index is 14.0. The molecular formula is C33H41FN4O5. The second-order valence-corrected chi connectivity index (χ2v) is 10.4. The number of carbonyl (C=O) groups excluding carboxylic acids is 3. The number of primary amides is 1. The lowest BCUT2D eigenvalue weighted by Crippen LogP contribution is -2.48. The quantitative estimate of drug-likeness (QED) is 0.201. The van der Waals surface area contributed by atoms with Crippen molar-refractivity contribution in [1.29, 1.82) is 0 Å². The molecule has 3 rings (SSSR count). The van der Waals surface area contributed by atoms with Gasteiger partial charge in [-0.05, 0) is 72.9 Å². The van der Waals surface area contributed by atoms with Crippen molar-refractivity contribution < 1.29 is 28.6 Å². The molecule has 0 fully saturated rings. The van der Waals surface area contributed by atoms with Gasteiger partial charge in [0.15, 0.2) is 0 Å². The van der Waals surface area contributed by atoms with Crippen molar-refractivity contribution in [1.82, 2.24) is 15.5 Å². The second kappa shape index (κ2) is 16.4. The molecule has 0 aliphatic rings. The number of carbonyl (C=O) groups is 3. The Morgan fingerprint density at radius 1 is 0.930 bits per heavy atom. The number of halogens is 1. The zero-order chi connectivity index (χ0) is 31.4. The van der Waals surface area contributed by atoms with Gasteiger partial charge in [-0.2, -0.15) is 0 Å². The van der Waals surface area contributed by atoms with Crippen molar-refractivity contribution >= 4 is 17.7 Å². The maximum absolute atomic E-state index is 14.0. The zero-order valence-corrected chi connectivity index (χ0v) is 24.9. The maximum Gasteiger partial charge on any atom is 0.253 e. The summed E-state index contributed by atoms with van der Waals surface area (Å²) in [6.07, 6.45) is 0.566. The predicted molar refractivity (Wildman–Crippen MR) is 164 cm³/mol. The van der Waals surface area contributed by atoms with E-state index in [1.807, 2.05) is 38.1 Å². The first-order valence-electron chi connectivity index (χ1n) is 14.5. The molecule has 5 N–H and O–H groups in total. The first kappa shape index (κ1) is 33.2. The lowest BCUT2D eigenvalue weighted by atomic mass is 9.99. The van der Waals surface area contributed by atoms with Gasteiger partial charge >= 0.3 is 0 Å². The van der Waals surface area contributed by atoms with Gasteiger partial charge in [-0.1, -0.05) is 38.1 Å². The van der Waals surface area contributed by atoms with Crippen LogP contribution in [0.2, 0.25) is 0 Å². The summed E-state index contributed by atoms with van der Waals surface area (Å²) in [5.74, 6) is -1.42. The standard InChI is InChI=1S/C33H41FN4O5/c1-4-12-38(13-5-2)33(42)26-18-24(31(35)40)17-25(19-26)32(41)37-29(16-22-8-6-10-27(34)14-22)30(39)21-36-20-23-9-7-11-28(15-23)43-3/h6-11,14-15,17-19,29-30,36,39H,4-5,12-13,16,20-21H2,1-3H3,(H2,35,40)(H,37,41)/t29-,30+/m0/s1. The van der Waals surface area contributed by atoms with Crippen LogP contribution in [-0.4, -0.2) is 66.6 Å². The predicted octanol–water partition coefficient (Wildman–Crippen LogP) is 3.69. The fourth-order valence-corrected chi connectivity index (χ4v) is 4.80. The van der Waals surface area contributed by atoms with Crippen molar-refractivity contribution in [3.63, 3.8) is 0 Å². The monoisotopic (exact) mass is 592 g/mol. The Bertz CT molecular complexity index is 1390. The smallest absolute Gasteiger partial charge is 0.253 e. The van der Waals surface area contributed by atoms with Crippen LogP contribution >= 0.6 is 0 Å². The first-order valence-corrected chi connectivity index (χ1v) is 14.5. The molecule has 10 heteroatoms. The molecule has 3 aromatic rings. The molecule has 0 saturated heterocycles. The highest BCUT2D eigenvalue weighted by Gasteiger charge is 2.25. The number of rotatable bonds is 16. The number of hydrogen-bond donors (Lipinski definition) is 4. The molecule has 3 aromatic carbocycles. The van der Waals surface area contributed by atoms with Crippen LogP contribution in [0, 0.1) is 5.82 Å². The Morgan fingerprint density at radius 3 is 2.23 bits per heavy atom. The summed E-state index contributed by atoms with van der Waals surface area (Å²) in [5, 5.41) is 17.2. The van der Waals surface area contributed by atoms with Crippen LogP contribution in [0.4, 0.5) is 4.39 Å². The van der Waals surface area contributed by atoms with Crippen LogP contribution in [0.25, 0.3) is 0 Å². The molecule has 0 unspecified atom stereocenters. The van der Waals surface area contributed by atoms with E-state index in [-0.39, 0.29) is 35.6 Å². The Hall–Kier alpha value is -4.28. The Kier molecular flexibility index (Phi) is 12.7. The van der Waals surface area contributed by atoms with Crippen LogP contribution < -0.4 is 21.1 Å². The van der Waals surface area contributed by atoms with E-state index >= 15 is 0 Å². The van der Waals surface area contributed by atoms with Gasteiger partial charge in [0, 0.05) is 42.9 Å². The fraction of sp³-hybridized carbons (Fsp3) is 0.364. The highest BCUT2D eigenvalue weighted by molar-refractivity contribution is 6.04. The summed E-state index contributed by atoms with van der Waals surface area (Å²) in [7, 11) is 1.58. The van der Waals surface area contributed by atoms with E-state index in [4.69, 9.17) is 10.5 Å². The van der Waals surface area contributed by atoms with Crippen LogP contribution in [0.1, 0.15) is 68.9 Å². The fourth-order valence-electron chi connectivity index (χ4n) is 4.80. The van der Waals surface area contributed by atoms with E-state index in [2.05, 4.69) is 10.6 Å². The Morgan fingerprint density at radius 2 is 1.58 bits per heavy atom. The van der Waals surface area contributed by atoms with Crippen molar-refractivity contribution in [2.45, 2.75) is 51.8 Å². The highest BCUT2D eigenvalue weighted by atomic mass is 19.1. The molecule has 0 bridgehead atoms. The van der Waals surface area contributed by atoms with Gasteiger partial charge in [0.25, 0.3) is 11.8 Å². The normalized spacial score (nSPS) is 12.3. The molecule has 43 heavy (non-hydrogen) atoms. The van der Waals surface area contributed by atoms with E-state index in [0.29, 0.717) is 30.9 Å². The number of nitrogens with zero attached hydrogens (tertiary/aromatic N) is 1. The van der Waals surface area contributed by atoms with Crippen LogP contribution in [-0.2, 0) is 13.0 Å². The molecular weight excluding hydrogens is 551 g/mol. The number of nitrogens with two attached hydrogens (primary N) is 1. The largest absolute Gasteiger partial charge is 0.497 e. The van der Waals surface area contributed by atoms with Gasteiger partial charge in [-0.25, -0.2) is 4.39 Å². The summed E-state index contributed by atoms with van der Waals surface area (Å²) in [5.41, 5.74) is 7.31. The third-order valence-electron chi connectivity index (χ3n) is 6.94. The number of ether oxygens (including phenoxy) is 1. The number of aliphatic hydroxyl groups is 1. The van der Waals surface area contributed by atoms with Crippen LogP contribution in [0.3, 0.4) is 0 Å². The lowest BCUT2D eigenvalue weighted by Gasteiger charge is -2.25. The number of aliphatic hydroxyl groups excluding tert-OH is 1. The van der Waals surface area contributed by atoms with Crippen molar-refractivity contribution in [2.75, 3.05) is 26.7 Å². The second-order valence-electron chi connectivity index (χ2n) is 10.4. The van der Waals surface area contributed by atoms with Gasteiger partial charge in [0.1, 0.15) is 11.6 Å². The van der Waals surface area contributed by atoms with Gasteiger partial charge < -0.3 is 31.1 Å². The number of benzene rings is 3. The van der Waals surface area contributed by atoms with Gasteiger partial charge in [-0.15, -0.1) is 0 Å². The van der Waals surface area contributed by atoms with Crippen LogP contribution in [0.15, 0.2) is 66.7 Å². The SMILES string of the molecule is CCCN(CCC)C(=O)c1cc(C(N)=O)cc(C(=O)N[C@@H](Cc2cccc(F)c2)[C@H](O)CNCc2cccc(OC)c2)c1. The van der Waals surface area contributed by atoms with E-state index in [0.717, 1.165) is 18.4 Å². The average Bonchev–Trinajstić information content (AvgIpc) is 3.00. The summed E-state index contributed by atoms with van der Waals surface area (Å²) >= 11 is 0. The van der Waals surface area contributed by atoms with E-state index in [1.54, 1.807) is 24.1 Å². The summed E-state index contributed by atoms with van der Waals surface area (Å²) in [4.78, 5) is 40.6. The molecule has 9 nitrogen and oxygen atoms in total. The Balaban J connectivity index is 1.84. The number of nitrogens with one attached hydrogen (secondary N) is 2. The van der Waals surface area contributed by atoms with Crippen LogP contribution in [0.5, 0.6) is 5.75 Å². The molecule has 0 aliphatic heterocycles. The summed E-state index contributed by atoms with van der Waals surface area (Å²) < 4.78 is 19.2. The molecule has 3 amide bonds. The minimum atomic E-state index is -1.07. The van der Waals surface area contributed by atoms with E-state index in [9.17, 15) is 23.9 Å². The molecule has 0 aromatic heterocycles. The van der Waals surface area contributed by atoms with Crippen molar-refractivity contribution in [3.05, 3.63) is 100 Å². The highest BCUT2D eigenvalue weighted by Crippen LogP contribution is 2.16. The van der Waals surface area contributed by atoms with Gasteiger partial charge in [0.05, 0.1) is 19.3 Å². The van der Waals surface area contributed by atoms with Crippen molar-refractivity contribution in [3.8, 4) is 5.75 Å². The molecule has 0 spiro atoms. The average molecular weight is 593 g/mol. The molecule has 2 atom stereocenters. The minimum absolute atomic E-state index is 0.0196. The third-order valence-corrected chi connectivity index (χ3v) is 6.94. The van der Waals surface area contributed by atoms with Gasteiger partial charge in [-0.3, -0.25) is 14.4 Å².